The maximum atomic E-state index is 11.6. The molecule has 1 fully saturated rings. The standard InChI is InChI=1S/C10H13ClN2O5/c1-10(11)7(16)5(4-14)18-8(10)13-3-2-6(15)12-9(13)17/h2-3,5,7-8,14,16H,4H2,1H3,(H,12,15,17). The molecule has 100 valence electrons. The van der Waals surface area contributed by atoms with Gasteiger partial charge >= 0.3 is 5.69 Å². The largest absolute Gasteiger partial charge is 0.394 e. The summed E-state index contributed by atoms with van der Waals surface area (Å²) in [5.41, 5.74) is -1.23. The zero-order valence-corrected chi connectivity index (χ0v) is 10.3. The molecule has 7 nitrogen and oxygen atoms in total. The van der Waals surface area contributed by atoms with Crippen molar-refractivity contribution in [1.82, 2.24) is 9.55 Å². The van der Waals surface area contributed by atoms with Crippen molar-refractivity contribution in [1.29, 1.82) is 0 Å². The average molecular weight is 277 g/mol. The molecule has 4 unspecified atom stereocenters. The second kappa shape index (κ2) is 4.51. The van der Waals surface area contributed by atoms with Crippen molar-refractivity contribution >= 4 is 11.6 Å². The van der Waals surface area contributed by atoms with Gasteiger partial charge < -0.3 is 14.9 Å². The van der Waals surface area contributed by atoms with Crippen molar-refractivity contribution < 1.29 is 14.9 Å². The number of alkyl halides is 1. The zero-order valence-electron chi connectivity index (χ0n) is 9.54. The monoisotopic (exact) mass is 276 g/mol. The number of nitrogens with zero attached hydrogens (tertiary/aromatic N) is 1. The van der Waals surface area contributed by atoms with E-state index in [0.29, 0.717) is 0 Å². The highest BCUT2D eigenvalue weighted by molar-refractivity contribution is 6.24. The summed E-state index contributed by atoms with van der Waals surface area (Å²) >= 11 is 6.17. The molecule has 0 amide bonds. The van der Waals surface area contributed by atoms with Gasteiger partial charge in [-0.3, -0.25) is 14.3 Å². The van der Waals surface area contributed by atoms with Gasteiger partial charge in [0.1, 0.15) is 17.1 Å². The van der Waals surface area contributed by atoms with Crippen molar-refractivity contribution in [3.8, 4) is 0 Å². The third kappa shape index (κ3) is 1.99. The molecule has 0 aliphatic carbocycles. The molecular weight excluding hydrogens is 264 g/mol. The average Bonchev–Trinajstić information content (AvgIpc) is 2.52. The number of rotatable bonds is 2. The summed E-state index contributed by atoms with van der Waals surface area (Å²) in [7, 11) is 0. The maximum absolute atomic E-state index is 11.6. The maximum Gasteiger partial charge on any atom is 0.330 e. The van der Waals surface area contributed by atoms with E-state index in [9.17, 15) is 14.7 Å². The van der Waals surface area contributed by atoms with E-state index in [-0.39, 0.29) is 0 Å². The van der Waals surface area contributed by atoms with Crippen molar-refractivity contribution in [3.63, 3.8) is 0 Å². The highest BCUT2D eigenvalue weighted by Gasteiger charge is 2.53. The zero-order chi connectivity index (χ0) is 13.5. The number of aromatic amines is 1. The first-order chi connectivity index (χ1) is 8.37. The number of aliphatic hydroxyl groups is 2. The SMILES string of the molecule is CC1(Cl)C(O)C(CO)OC1n1ccc(=O)[nH]c1=O. The van der Waals surface area contributed by atoms with Crippen LogP contribution >= 0.6 is 11.6 Å². The number of hydrogen-bond acceptors (Lipinski definition) is 5. The topological polar surface area (TPSA) is 105 Å². The Hall–Kier alpha value is -1.15. The van der Waals surface area contributed by atoms with Crippen LogP contribution in [0.2, 0.25) is 0 Å². The number of aliphatic hydroxyl groups excluding tert-OH is 2. The molecule has 8 heteroatoms. The summed E-state index contributed by atoms with van der Waals surface area (Å²) in [6.45, 7) is 1.08. The molecule has 2 rings (SSSR count). The molecule has 1 aromatic rings. The fourth-order valence-corrected chi connectivity index (χ4v) is 2.27. The molecule has 2 heterocycles. The quantitative estimate of drug-likeness (QED) is 0.588. The van der Waals surface area contributed by atoms with Crippen molar-refractivity contribution in [2.75, 3.05) is 6.61 Å². The molecule has 0 radical (unpaired) electrons. The summed E-state index contributed by atoms with van der Waals surface area (Å²) in [6, 6.07) is 1.15. The normalized spacial score (nSPS) is 35.9. The molecular formula is C10H13ClN2O5. The molecule has 0 aromatic carbocycles. The fourth-order valence-electron chi connectivity index (χ4n) is 1.97. The lowest BCUT2D eigenvalue weighted by molar-refractivity contribution is -0.0470. The van der Waals surface area contributed by atoms with Crippen LogP contribution in [0.25, 0.3) is 0 Å². The van der Waals surface area contributed by atoms with Gasteiger partial charge in [0.15, 0.2) is 6.23 Å². The predicted octanol–water partition coefficient (Wildman–Crippen LogP) is -1.22. The number of hydrogen-bond donors (Lipinski definition) is 3. The summed E-state index contributed by atoms with van der Waals surface area (Å²) in [5, 5.41) is 18.9. The van der Waals surface area contributed by atoms with Crippen LogP contribution in [0.15, 0.2) is 21.9 Å². The van der Waals surface area contributed by atoms with Crippen LogP contribution in [-0.4, -0.2) is 43.5 Å². The minimum absolute atomic E-state index is 0.419. The molecule has 1 saturated heterocycles. The summed E-state index contributed by atoms with van der Waals surface area (Å²) in [5.74, 6) is 0. The van der Waals surface area contributed by atoms with Crippen molar-refractivity contribution in [2.24, 2.45) is 0 Å². The van der Waals surface area contributed by atoms with Crippen LogP contribution in [0.3, 0.4) is 0 Å². The number of halogens is 1. The lowest BCUT2D eigenvalue weighted by Gasteiger charge is -2.26. The first-order valence-electron chi connectivity index (χ1n) is 5.32. The Kier molecular flexibility index (Phi) is 3.33. The lowest BCUT2D eigenvalue weighted by Crippen LogP contribution is -2.42. The molecule has 3 N–H and O–H groups in total. The van der Waals surface area contributed by atoms with Gasteiger partial charge in [-0.2, -0.15) is 0 Å². The molecule has 1 aliphatic heterocycles. The molecule has 1 aliphatic rings. The van der Waals surface area contributed by atoms with Crippen LogP contribution in [0.5, 0.6) is 0 Å². The highest BCUT2D eigenvalue weighted by atomic mass is 35.5. The summed E-state index contributed by atoms with van der Waals surface area (Å²) in [4.78, 5) is 23.4. The second-order valence-electron chi connectivity index (χ2n) is 4.32. The van der Waals surface area contributed by atoms with Gasteiger partial charge in [0, 0.05) is 12.3 Å². The predicted molar refractivity (Wildman–Crippen MR) is 62.6 cm³/mol. The Balaban J connectivity index is 2.45. The smallest absolute Gasteiger partial charge is 0.330 e. The minimum atomic E-state index is -1.28. The van der Waals surface area contributed by atoms with Gasteiger partial charge in [-0.1, -0.05) is 0 Å². The van der Waals surface area contributed by atoms with Crippen LogP contribution < -0.4 is 11.2 Å². The Bertz CT molecular complexity index is 552. The molecule has 0 spiro atoms. The number of nitrogens with one attached hydrogen (secondary N) is 1. The first-order valence-corrected chi connectivity index (χ1v) is 5.70. The van der Waals surface area contributed by atoms with Gasteiger partial charge in [-0.05, 0) is 6.92 Å². The van der Waals surface area contributed by atoms with E-state index in [1.807, 2.05) is 0 Å². The van der Waals surface area contributed by atoms with Crippen LogP contribution in [0, 0.1) is 0 Å². The Labute approximate surface area is 107 Å². The van der Waals surface area contributed by atoms with Crippen molar-refractivity contribution in [3.05, 3.63) is 33.1 Å². The fraction of sp³-hybridized carbons (Fsp3) is 0.600. The second-order valence-corrected chi connectivity index (χ2v) is 5.14. The lowest BCUT2D eigenvalue weighted by atomic mass is 10.0. The number of ether oxygens (including phenoxy) is 1. The van der Waals surface area contributed by atoms with Crippen LogP contribution in [-0.2, 0) is 4.74 Å². The van der Waals surface area contributed by atoms with Gasteiger partial charge in [0.25, 0.3) is 5.56 Å². The van der Waals surface area contributed by atoms with Crippen LogP contribution in [0.4, 0.5) is 0 Å². The number of H-pyrrole nitrogens is 1. The molecule has 18 heavy (non-hydrogen) atoms. The highest BCUT2D eigenvalue weighted by Crippen LogP contribution is 2.42. The molecule has 0 bridgehead atoms. The van der Waals surface area contributed by atoms with E-state index in [1.54, 1.807) is 0 Å². The Morgan fingerprint density at radius 3 is 2.78 bits per heavy atom. The summed E-state index contributed by atoms with van der Waals surface area (Å²) < 4.78 is 6.43. The van der Waals surface area contributed by atoms with E-state index in [4.69, 9.17) is 21.4 Å². The first kappa shape index (κ1) is 13.3. The van der Waals surface area contributed by atoms with Gasteiger partial charge in [-0.25, -0.2) is 4.79 Å². The van der Waals surface area contributed by atoms with Crippen molar-refractivity contribution in [2.45, 2.75) is 30.2 Å². The molecule has 4 atom stereocenters. The Morgan fingerprint density at radius 2 is 2.28 bits per heavy atom. The Morgan fingerprint density at radius 1 is 1.61 bits per heavy atom. The van der Waals surface area contributed by atoms with E-state index in [0.717, 1.165) is 10.6 Å². The van der Waals surface area contributed by atoms with Gasteiger partial charge in [0.2, 0.25) is 0 Å². The van der Waals surface area contributed by atoms with E-state index in [2.05, 4.69) is 4.98 Å². The third-order valence-corrected chi connectivity index (χ3v) is 3.41. The van der Waals surface area contributed by atoms with E-state index in [1.165, 1.54) is 13.1 Å². The van der Waals surface area contributed by atoms with Crippen LogP contribution in [0.1, 0.15) is 13.2 Å². The van der Waals surface area contributed by atoms with Gasteiger partial charge in [-0.15, -0.1) is 11.6 Å². The molecule has 0 saturated carbocycles. The van der Waals surface area contributed by atoms with E-state index < -0.39 is 41.2 Å². The summed E-state index contributed by atoms with van der Waals surface area (Å²) in [6.07, 6.45) is -1.75. The number of aromatic nitrogens is 2. The minimum Gasteiger partial charge on any atom is -0.394 e. The van der Waals surface area contributed by atoms with E-state index >= 15 is 0 Å². The molecule has 1 aromatic heterocycles. The third-order valence-electron chi connectivity index (χ3n) is 3.00. The van der Waals surface area contributed by atoms with Gasteiger partial charge in [0.05, 0.1) is 6.61 Å².